The molecule has 0 aliphatic rings. The predicted octanol–water partition coefficient (Wildman–Crippen LogP) is 1.90. The van der Waals surface area contributed by atoms with Gasteiger partial charge in [0, 0.05) is 0 Å². The van der Waals surface area contributed by atoms with Crippen molar-refractivity contribution in [1.29, 1.82) is 0 Å². The molecule has 0 amide bonds. The van der Waals surface area contributed by atoms with Crippen LogP contribution in [-0.4, -0.2) is 22.4 Å². The van der Waals surface area contributed by atoms with Crippen molar-refractivity contribution in [3.63, 3.8) is 0 Å². The van der Waals surface area contributed by atoms with E-state index in [1.807, 2.05) is 0 Å². The van der Waals surface area contributed by atoms with Crippen LogP contribution in [0.3, 0.4) is 0 Å². The van der Waals surface area contributed by atoms with Crippen molar-refractivity contribution >= 4 is 23.1 Å². The van der Waals surface area contributed by atoms with Crippen LogP contribution in [0.4, 0.5) is 8.78 Å². The van der Waals surface area contributed by atoms with Gasteiger partial charge in [0.2, 0.25) is 6.43 Å². The summed E-state index contributed by atoms with van der Waals surface area (Å²) in [4.78, 5) is 0. The van der Waals surface area contributed by atoms with Crippen molar-refractivity contribution in [3.05, 3.63) is 5.51 Å². The van der Waals surface area contributed by atoms with Gasteiger partial charge in [-0.3, -0.25) is 0 Å². The Labute approximate surface area is 64.7 Å². The van der Waals surface area contributed by atoms with E-state index in [1.165, 1.54) is 16.8 Å². The van der Waals surface area contributed by atoms with Gasteiger partial charge in [-0.05, 0) is 0 Å². The fourth-order valence-electron chi connectivity index (χ4n) is 0.360. The summed E-state index contributed by atoms with van der Waals surface area (Å²) in [6, 6.07) is 0. The third kappa shape index (κ3) is 2.57. The molecule has 0 atom stereocenters. The third-order valence-electron chi connectivity index (χ3n) is 0.673. The molecule has 1 rings (SSSR count). The van der Waals surface area contributed by atoms with E-state index in [9.17, 15) is 8.78 Å². The maximum absolute atomic E-state index is 11.6. The molecule has 56 valence electrons. The molecule has 0 bridgehead atoms. The van der Waals surface area contributed by atoms with E-state index < -0.39 is 6.43 Å². The van der Waals surface area contributed by atoms with Gasteiger partial charge in [-0.1, -0.05) is 23.1 Å². The monoisotopic (exact) mass is 182 g/mol. The maximum atomic E-state index is 11.6. The van der Waals surface area contributed by atoms with E-state index in [0.29, 0.717) is 4.34 Å². The molecule has 1 heterocycles. The third-order valence-corrected chi connectivity index (χ3v) is 2.55. The minimum atomic E-state index is -2.27. The summed E-state index contributed by atoms with van der Waals surface area (Å²) < 4.78 is 23.7. The minimum Gasteiger partial charge on any atom is -0.210 e. The molecule has 0 saturated carbocycles. The Morgan fingerprint density at radius 2 is 2.50 bits per heavy atom. The fraction of sp³-hybridized carbons (Fsp3) is 0.500. The van der Waals surface area contributed by atoms with Crippen LogP contribution < -0.4 is 0 Å². The van der Waals surface area contributed by atoms with Crippen molar-refractivity contribution in [2.24, 2.45) is 0 Å². The molecule has 0 radical (unpaired) electrons. The predicted molar refractivity (Wildman–Crippen MR) is 36.6 cm³/mol. The van der Waals surface area contributed by atoms with Crippen LogP contribution in [0.1, 0.15) is 0 Å². The molecule has 0 aliphatic heterocycles. The van der Waals surface area contributed by atoms with Crippen LogP contribution in [0.25, 0.3) is 0 Å². The van der Waals surface area contributed by atoms with E-state index in [2.05, 4.69) is 10.2 Å². The molecule has 1 aromatic rings. The van der Waals surface area contributed by atoms with E-state index in [0.717, 1.165) is 11.8 Å². The molecule has 0 aromatic carbocycles. The Bertz CT molecular complexity index is 177. The molecule has 0 aliphatic carbocycles. The molecule has 1 aromatic heterocycles. The van der Waals surface area contributed by atoms with Gasteiger partial charge in [-0.2, -0.15) is 0 Å². The average molecular weight is 182 g/mol. The summed E-state index contributed by atoms with van der Waals surface area (Å²) in [6.45, 7) is 0. The number of aromatic nitrogens is 2. The van der Waals surface area contributed by atoms with Gasteiger partial charge in [0.25, 0.3) is 0 Å². The quantitative estimate of drug-likeness (QED) is 0.668. The van der Waals surface area contributed by atoms with E-state index >= 15 is 0 Å². The highest BCUT2D eigenvalue weighted by atomic mass is 32.2. The smallest absolute Gasteiger partial charge is 0.210 e. The molecule has 0 saturated heterocycles. The summed E-state index contributed by atoms with van der Waals surface area (Å²) in [5.41, 5.74) is 1.52. The Morgan fingerprint density at radius 1 is 1.70 bits per heavy atom. The van der Waals surface area contributed by atoms with Crippen molar-refractivity contribution in [2.45, 2.75) is 10.8 Å². The van der Waals surface area contributed by atoms with Gasteiger partial charge >= 0.3 is 0 Å². The SMILES string of the molecule is FC(F)CSc1nncs1. The molecular formula is C4H4F2N2S2. The van der Waals surface area contributed by atoms with Crippen LogP contribution in [0.5, 0.6) is 0 Å². The molecule has 6 heteroatoms. The second-order valence-electron chi connectivity index (χ2n) is 1.41. The Morgan fingerprint density at radius 3 is 3.00 bits per heavy atom. The molecule has 0 unspecified atom stereocenters. The highest BCUT2D eigenvalue weighted by Crippen LogP contribution is 2.20. The lowest BCUT2D eigenvalue weighted by atomic mass is 10.9. The summed E-state index contributed by atoms with van der Waals surface area (Å²) in [5.74, 6) is -0.199. The summed E-state index contributed by atoms with van der Waals surface area (Å²) >= 11 is 2.30. The average Bonchev–Trinajstić information content (AvgIpc) is 2.34. The first-order chi connectivity index (χ1) is 4.79. The zero-order valence-electron chi connectivity index (χ0n) is 4.83. The van der Waals surface area contributed by atoms with Crippen molar-refractivity contribution in [1.82, 2.24) is 10.2 Å². The molecular weight excluding hydrogens is 178 g/mol. The lowest BCUT2D eigenvalue weighted by Gasteiger charge is -1.92. The number of nitrogens with zero attached hydrogens (tertiary/aromatic N) is 2. The molecule has 0 fully saturated rings. The van der Waals surface area contributed by atoms with E-state index in [4.69, 9.17) is 0 Å². The van der Waals surface area contributed by atoms with Crippen molar-refractivity contribution < 1.29 is 8.78 Å². The number of thioether (sulfide) groups is 1. The molecule has 2 nitrogen and oxygen atoms in total. The summed E-state index contributed by atoms with van der Waals surface area (Å²) in [6.07, 6.45) is -2.27. The van der Waals surface area contributed by atoms with Crippen molar-refractivity contribution in [3.8, 4) is 0 Å². The highest BCUT2D eigenvalue weighted by Gasteiger charge is 2.04. The Kier molecular flexibility index (Phi) is 3.01. The van der Waals surface area contributed by atoms with Crippen molar-refractivity contribution in [2.75, 3.05) is 5.75 Å². The topological polar surface area (TPSA) is 25.8 Å². The van der Waals surface area contributed by atoms with E-state index in [-0.39, 0.29) is 5.75 Å². The number of hydrogen-bond acceptors (Lipinski definition) is 4. The minimum absolute atomic E-state index is 0.199. The van der Waals surface area contributed by atoms with Crippen LogP contribution in [-0.2, 0) is 0 Å². The molecule has 0 spiro atoms. The van der Waals surface area contributed by atoms with Gasteiger partial charge in [-0.25, -0.2) is 8.78 Å². The van der Waals surface area contributed by atoms with E-state index in [1.54, 1.807) is 0 Å². The summed E-state index contributed by atoms with van der Waals surface area (Å²) in [7, 11) is 0. The van der Waals surface area contributed by atoms with Crippen LogP contribution >= 0.6 is 23.1 Å². The zero-order chi connectivity index (χ0) is 7.40. The van der Waals surface area contributed by atoms with Gasteiger partial charge in [-0.15, -0.1) is 10.2 Å². The lowest BCUT2D eigenvalue weighted by molar-refractivity contribution is 0.177. The normalized spacial score (nSPS) is 10.7. The number of hydrogen-bond donors (Lipinski definition) is 0. The second-order valence-corrected chi connectivity index (χ2v) is 3.51. The lowest BCUT2D eigenvalue weighted by Crippen LogP contribution is -1.92. The molecule has 10 heavy (non-hydrogen) atoms. The highest BCUT2D eigenvalue weighted by molar-refractivity contribution is 8.01. The van der Waals surface area contributed by atoms with Crippen LogP contribution in [0, 0.1) is 0 Å². The Hall–Kier alpha value is -0.230. The first-order valence-corrected chi connectivity index (χ1v) is 4.32. The second kappa shape index (κ2) is 3.82. The van der Waals surface area contributed by atoms with Crippen LogP contribution in [0.2, 0.25) is 0 Å². The summed E-state index contributed by atoms with van der Waals surface area (Å²) in [5, 5.41) is 7.09. The maximum Gasteiger partial charge on any atom is 0.248 e. The molecule has 0 N–H and O–H groups in total. The number of rotatable bonds is 3. The van der Waals surface area contributed by atoms with Gasteiger partial charge in [0.15, 0.2) is 4.34 Å². The van der Waals surface area contributed by atoms with Gasteiger partial charge < -0.3 is 0 Å². The number of halogens is 2. The fourth-order valence-corrected chi connectivity index (χ4v) is 1.62. The van der Waals surface area contributed by atoms with Gasteiger partial charge in [0.1, 0.15) is 5.51 Å². The standard InChI is InChI=1S/C4H4F2N2S2/c5-3(6)1-9-4-8-7-2-10-4/h2-3H,1H2. The van der Waals surface area contributed by atoms with Crippen LogP contribution in [0.15, 0.2) is 9.85 Å². The number of alkyl halides is 2. The zero-order valence-corrected chi connectivity index (χ0v) is 6.46. The first kappa shape index (κ1) is 7.87. The Balaban J connectivity index is 2.28. The largest absolute Gasteiger partial charge is 0.248 e. The van der Waals surface area contributed by atoms with Gasteiger partial charge in [0.05, 0.1) is 5.75 Å². The first-order valence-electron chi connectivity index (χ1n) is 2.46.